The molecule has 1 atom stereocenters. The molecule has 1 amide bonds. The van der Waals surface area contributed by atoms with E-state index < -0.39 is 11.7 Å². The van der Waals surface area contributed by atoms with Gasteiger partial charge in [0.05, 0.1) is 17.8 Å². The Morgan fingerprint density at radius 3 is 2.80 bits per heavy atom. The van der Waals surface area contributed by atoms with Gasteiger partial charge in [0.2, 0.25) is 0 Å². The van der Waals surface area contributed by atoms with Crippen molar-refractivity contribution in [1.82, 2.24) is 14.8 Å². The van der Waals surface area contributed by atoms with Crippen molar-refractivity contribution >= 4 is 23.3 Å². The summed E-state index contributed by atoms with van der Waals surface area (Å²) in [5.74, 6) is 4.59. The van der Waals surface area contributed by atoms with Gasteiger partial charge >= 0.3 is 0 Å². The van der Waals surface area contributed by atoms with E-state index in [1.807, 2.05) is 30.3 Å². The Kier molecular flexibility index (Phi) is 6.07. The molecule has 8 heteroatoms. The highest BCUT2D eigenvalue weighted by Gasteiger charge is 2.23. The van der Waals surface area contributed by atoms with E-state index >= 15 is 0 Å². The van der Waals surface area contributed by atoms with Crippen LogP contribution in [0.4, 0.5) is 10.2 Å². The average molecular weight is 425 g/mol. The quantitative estimate of drug-likeness (QED) is 0.647. The number of carbonyl (C=O) groups excluding carboxylic acids is 1. The third kappa shape index (κ3) is 4.67. The molecule has 3 aromatic rings. The van der Waals surface area contributed by atoms with Crippen LogP contribution < -0.4 is 5.32 Å². The van der Waals surface area contributed by atoms with Crippen molar-refractivity contribution in [3.63, 3.8) is 0 Å². The van der Waals surface area contributed by atoms with Crippen molar-refractivity contribution in [1.29, 1.82) is 0 Å². The molecular weight excluding hydrogens is 407 g/mol. The van der Waals surface area contributed by atoms with E-state index in [-0.39, 0.29) is 22.5 Å². The first kappa shape index (κ1) is 20.1. The Morgan fingerprint density at radius 2 is 2.07 bits per heavy atom. The second kappa shape index (κ2) is 9.08. The molecule has 1 fully saturated rings. The number of ether oxygens (including phenoxy) is 1. The maximum absolute atomic E-state index is 14.5. The van der Waals surface area contributed by atoms with Gasteiger partial charge in [0.25, 0.3) is 5.91 Å². The Bertz CT molecular complexity index is 1120. The van der Waals surface area contributed by atoms with Crippen LogP contribution in [-0.2, 0) is 11.3 Å². The van der Waals surface area contributed by atoms with Gasteiger partial charge in [-0.1, -0.05) is 41.6 Å². The summed E-state index contributed by atoms with van der Waals surface area (Å²) in [6, 6.07) is 10.6. The maximum Gasteiger partial charge on any atom is 0.276 e. The SMILES string of the molecule is O=C(Nc1ncc(C#Cc2ccccc2)cc1F)c1c(Cl)cnn1C[C@H]1CCOC1. The van der Waals surface area contributed by atoms with Crippen molar-refractivity contribution < 1.29 is 13.9 Å². The summed E-state index contributed by atoms with van der Waals surface area (Å²) in [5, 5.41) is 6.83. The molecule has 152 valence electrons. The number of pyridine rings is 1. The van der Waals surface area contributed by atoms with Crippen LogP contribution in [0.15, 0.2) is 48.8 Å². The van der Waals surface area contributed by atoms with Gasteiger partial charge in [0.1, 0.15) is 5.69 Å². The summed E-state index contributed by atoms with van der Waals surface area (Å²) < 4.78 is 21.4. The molecule has 6 nitrogen and oxygen atoms in total. The fraction of sp³-hybridized carbons (Fsp3) is 0.227. The highest BCUT2D eigenvalue weighted by atomic mass is 35.5. The Balaban J connectivity index is 1.49. The molecule has 1 saturated heterocycles. The molecule has 0 radical (unpaired) electrons. The number of nitrogens with zero attached hydrogens (tertiary/aromatic N) is 3. The second-order valence-electron chi connectivity index (χ2n) is 6.88. The summed E-state index contributed by atoms with van der Waals surface area (Å²) >= 11 is 6.15. The van der Waals surface area contributed by atoms with Crippen molar-refractivity contribution in [3.05, 3.63) is 76.5 Å². The van der Waals surface area contributed by atoms with Crippen molar-refractivity contribution in [2.45, 2.75) is 13.0 Å². The van der Waals surface area contributed by atoms with Crippen LogP contribution in [0.3, 0.4) is 0 Å². The third-order valence-electron chi connectivity index (χ3n) is 4.66. The van der Waals surface area contributed by atoms with Gasteiger partial charge in [-0.05, 0) is 24.6 Å². The van der Waals surface area contributed by atoms with Crippen LogP contribution in [-0.4, -0.2) is 33.9 Å². The molecule has 30 heavy (non-hydrogen) atoms. The number of anilines is 1. The predicted molar refractivity (Wildman–Crippen MR) is 111 cm³/mol. The maximum atomic E-state index is 14.5. The van der Waals surface area contributed by atoms with Crippen LogP contribution >= 0.6 is 11.6 Å². The first-order valence-electron chi connectivity index (χ1n) is 9.43. The van der Waals surface area contributed by atoms with Gasteiger partial charge in [-0.2, -0.15) is 5.10 Å². The molecule has 0 aliphatic carbocycles. The zero-order valence-corrected chi connectivity index (χ0v) is 16.7. The minimum atomic E-state index is -0.686. The Hall–Kier alpha value is -3.21. The molecule has 3 heterocycles. The lowest BCUT2D eigenvalue weighted by atomic mass is 10.1. The molecule has 1 aromatic carbocycles. The minimum absolute atomic E-state index is 0.165. The lowest BCUT2D eigenvalue weighted by molar-refractivity contribution is 0.101. The molecule has 1 aliphatic heterocycles. The summed E-state index contributed by atoms with van der Waals surface area (Å²) in [6.45, 7) is 1.80. The molecular formula is C22H18ClFN4O2. The number of hydrogen-bond donors (Lipinski definition) is 1. The topological polar surface area (TPSA) is 69.0 Å². The van der Waals surface area contributed by atoms with E-state index in [1.54, 1.807) is 0 Å². The fourth-order valence-electron chi connectivity index (χ4n) is 3.13. The molecule has 0 bridgehead atoms. The number of halogens is 2. The summed E-state index contributed by atoms with van der Waals surface area (Å²) in [7, 11) is 0. The van der Waals surface area contributed by atoms with Crippen molar-refractivity contribution in [2.24, 2.45) is 5.92 Å². The Morgan fingerprint density at radius 1 is 1.27 bits per heavy atom. The highest BCUT2D eigenvalue weighted by Crippen LogP contribution is 2.21. The number of aromatic nitrogens is 3. The summed E-state index contributed by atoms with van der Waals surface area (Å²) in [5.41, 5.74) is 1.38. The first-order valence-corrected chi connectivity index (χ1v) is 9.81. The van der Waals surface area contributed by atoms with Gasteiger partial charge < -0.3 is 10.1 Å². The number of benzene rings is 1. The normalized spacial score (nSPS) is 15.5. The number of nitrogens with one attached hydrogen (secondary N) is 1. The molecule has 0 saturated carbocycles. The number of hydrogen-bond acceptors (Lipinski definition) is 4. The number of rotatable bonds is 4. The van der Waals surface area contributed by atoms with E-state index in [4.69, 9.17) is 16.3 Å². The minimum Gasteiger partial charge on any atom is -0.381 e. The molecule has 2 aromatic heterocycles. The molecule has 0 spiro atoms. The summed E-state index contributed by atoms with van der Waals surface area (Å²) in [6.07, 6.45) is 3.70. The van der Waals surface area contributed by atoms with E-state index in [2.05, 4.69) is 27.2 Å². The van der Waals surface area contributed by atoms with Gasteiger partial charge in [0, 0.05) is 36.4 Å². The van der Waals surface area contributed by atoms with E-state index in [1.165, 1.54) is 23.1 Å². The average Bonchev–Trinajstić information content (AvgIpc) is 3.39. The Labute approximate surface area is 178 Å². The number of amides is 1. The summed E-state index contributed by atoms with van der Waals surface area (Å²) in [4.78, 5) is 16.7. The largest absolute Gasteiger partial charge is 0.381 e. The van der Waals surface area contributed by atoms with E-state index in [0.29, 0.717) is 25.3 Å². The molecule has 0 unspecified atom stereocenters. The lowest BCUT2D eigenvalue weighted by Crippen LogP contribution is -2.22. The fourth-order valence-corrected chi connectivity index (χ4v) is 3.36. The van der Waals surface area contributed by atoms with Gasteiger partial charge in [-0.3, -0.25) is 9.48 Å². The van der Waals surface area contributed by atoms with Crippen LogP contribution in [0, 0.1) is 23.6 Å². The monoisotopic (exact) mass is 424 g/mol. The molecule has 1 aliphatic rings. The van der Waals surface area contributed by atoms with Gasteiger partial charge in [-0.15, -0.1) is 0 Å². The lowest BCUT2D eigenvalue weighted by Gasteiger charge is -2.12. The molecule has 4 rings (SSSR count). The van der Waals surface area contributed by atoms with Gasteiger partial charge in [-0.25, -0.2) is 9.37 Å². The first-order chi connectivity index (χ1) is 14.6. The van der Waals surface area contributed by atoms with Crippen LogP contribution in [0.5, 0.6) is 0 Å². The van der Waals surface area contributed by atoms with E-state index in [9.17, 15) is 9.18 Å². The van der Waals surface area contributed by atoms with Crippen molar-refractivity contribution in [3.8, 4) is 11.8 Å². The van der Waals surface area contributed by atoms with Crippen LogP contribution in [0.2, 0.25) is 5.02 Å². The third-order valence-corrected chi connectivity index (χ3v) is 4.94. The zero-order chi connectivity index (χ0) is 20.9. The predicted octanol–water partition coefficient (Wildman–Crippen LogP) is 3.76. The van der Waals surface area contributed by atoms with Gasteiger partial charge in [0.15, 0.2) is 11.6 Å². The van der Waals surface area contributed by atoms with Crippen LogP contribution in [0.25, 0.3) is 0 Å². The highest BCUT2D eigenvalue weighted by molar-refractivity contribution is 6.34. The van der Waals surface area contributed by atoms with E-state index in [0.717, 1.165) is 12.0 Å². The smallest absolute Gasteiger partial charge is 0.276 e. The van der Waals surface area contributed by atoms with Crippen LogP contribution in [0.1, 0.15) is 28.0 Å². The zero-order valence-electron chi connectivity index (χ0n) is 15.9. The molecule has 1 N–H and O–H groups in total. The number of carbonyl (C=O) groups is 1. The second-order valence-corrected chi connectivity index (χ2v) is 7.28. The standard InChI is InChI=1S/C22H18ClFN4O2/c23-18-12-26-28(13-17-8-9-30-14-17)20(18)22(29)27-21-19(24)10-16(11-25-21)7-6-15-4-2-1-3-5-15/h1-5,10-12,17H,8-9,13-14H2,(H,25,27,29)/t17-/m1/s1. The van der Waals surface area contributed by atoms with Crippen molar-refractivity contribution in [2.75, 3.05) is 18.5 Å².